The van der Waals surface area contributed by atoms with Gasteiger partial charge in [-0.2, -0.15) is 0 Å². The minimum atomic E-state index is 0.540. The molecule has 0 aliphatic heterocycles. The number of aliphatic imine (C=N–C) groups is 1. The number of hydrogen-bond donors (Lipinski definition) is 0. The van der Waals surface area contributed by atoms with Crippen LogP contribution in [0.15, 0.2) is 84.1 Å². The van der Waals surface area contributed by atoms with Gasteiger partial charge in [0.1, 0.15) is 12.4 Å². The summed E-state index contributed by atoms with van der Waals surface area (Å²) in [6.07, 6.45) is 5.26. The summed E-state index contributed by atoms with van der Waals surface area (Å²) in [7, 11) is 0. The summed E-state index contributed by atoms with van der Waals surface area (Å²) < 4.78 is 5.90. The van der Waals surface area contributed by atoms with Gasteiger partial charge in [0.2, 0.25) is 0 Å². The van der Waals surface area contributed by atoms with Crippen molar-refractivity contribution in [2.24, 2.45) is 4.99 Å². The van der Waals surface area contributed by atoms with E-state index in [-0.39, 0.29) is 0 Å². The number of ether oxygens (including phenoxy) is 1. The maximum Gasteiger partial charge on any atom is 0.128 e. The van der Waals surface area contributed by atoms with Crippen molar-refractivity contribution in [2.75, 3.05) is 0 Å². The number of para-hydroxylation sites is 1. The van der Waals surface area contributed by atoms with Gasteiger partial charge in [0.25, 0.3) is 0 Å². The van der Waals surface area contributed by atoms with Gasteiger partial charge in [-0.25, -0.2) is 0 Å². The summed E-state index contributed by atoms with van der Waals surface area (Å²) in [5.41, 5.74) is 2.91. The van der Waals surface area contributed by atoms with Crippen molar-refractivity contribution in [3.8, 4) is 5.75 Å². The zero-order chi connectivity index (χ0) is 15.0. The summed E-state index contributed by atoms with van der Waals surface area (Å²) in [6, 6.07) is 21.8. The number of aromatic nitrogens is 1. The van der Waals surface area contributed by atoms with Crippen LogP contribution in [0.4, 0.5) is 5.69 Å². The Morgan fingerprint density at radius 2 is 1.73 bits per heavy atom. The molecule has 0 radical (unpaired) electrons. The molecule has 0 saturated carbocycles. The summed E-state index contributed by atoms with van der Waals surface area (Å²) in [4.78, 5) is 8.48. The Balaban J connectivity index is 1.74. The van der Waals surface area contributed by atoms with Crippen LogP contribution in [0.5, 0.6) is 5.75 Å². The molecule has 3 nitrogen and oxygen atoms in total. The lowest BCUT2D eigenvalue weighted by Crippen LogP contribution is -1.97. The molecule has 0 fully saturated rings. The van der Waals surface area contributed by atoms with Crippen LogP contribution < -0.4 is 4.74 Å². The molecule has 0 amide bonds. The molecule has 2 aromatic carbocycles. The van der Waals surface area contributed by atoms with E-state index >= 15 is 0 Å². The van der Waals surface area contributed by atoms with E-state index in [9.17, 15) is 0 Å². The van der Waals surface area contributed by atoms with Crippen LogP contribution >= 0.6 is 0 Å². The second-order valence-electron chi connectivity index (χ2n) is 4.78. The Morgan fingerprint density at radius 1 is 0.909 bits per heavy atom. The molecule has 3 aromatic rings. The fourth-order valence-electron chi connectivity index (χ4n) is 2.03. The second kappa shape index (κ2) is 7.18. The minimum Gasteiger partial charge on any atom is -0.488 e. The lowest BCUT2D eigenvalue weighted by Gasteiger charge is -2.08. The van der Waals surface area contributed by atoms with E-state index in [2.05, 4.69) is 9.98 Å². The van der Waals surface area contributed by atoms with Crippen molar-refractivity contribution in [1.82, 2.24) is 4.98 Å². The molecule has 22 heavy (non-hydrogen) atoms. The third-order valence-electron chi connectivity index (χ3n) is 3.15. The summed E-state index contributed by atoms with van der Waals surface area (Å²) >= 11 is 0. The first-order valence-electron chi connectivity index (χ1n) is 7.12. The first-order chi connectivity index (χ1) is 10.9. The van der Waals surface area contributed by atoms with Crippen LogP contribution in [0, 0.1) is 0 Å². The van der Waals surface area contributed by atoms with E-state index in [1.165, 1.54) is 0 Å². The van der Waals surface area contributed by atoms with E-state index in [4.69, 9.17) is 4.74 Å². The van der Waals surface area contributed by atoms with E-state index in [1.54, 1.807) is 18.6 Å². The molecule has 0 unspecified atom stereocenters. The maximum absolute atomic E-state index is 5.90. The van der Waals surface area contributed by atoms with Crippen LogP contribution in [-0.2, 0) is 6.61 Å². The number of pyridine rings is 1. The Hall–Kier alpha value is -2.94. The van der Waals surface area contributed by atoms with Gasteiger partial charge in [-0.3, -0.25) is 9.98 Å². The lowest BCUT2D eigenvalue weighted by atomic mass is 10.2. The second-order valence-corrected chi connectivity index (χ2v) is 4.78. The molecule has 0 spiro atoms. The van der Waals surface area contributed by atoms with Gasteiger partial charge >= 0.3 is 0 Å². The SMILES string of the molecule is C(=Nc1cccnc1)c1ccccc1OCc1ccccc1. The molecule has 0 bridgehead atoms. The molecule has 3 heteroatoms. The first kappa shape index (κ1) is 14.0. The van der Waals surface area contributed by atoms with E-state index in [1.807, 2.05) is 66.7 Å². The van der Waals surface area contributed by atoms with Gasteiger partial charge in [0, 0.05) is 18.0 Å². The smallest absolute Gasteiger partial charge is 0.128 e. The molecule has 3 rings (SSSR count). The average Bonchev–Trinajstić information content (AvgIpc) is 2.61. The van der Waals surface area contributed by atoms with E-state index in [0.717, 1.165) is 22.6 Å². The predicted molar refractivity (Wildman–Crippen MR) is 88.7 cm³/mol. The molecule has 0 saturated heterocycles. The van der Waals surface area contributed by atoms with E-state index < -0.39 is 0 Å². The number of nitrogens with zero attached hydrogens (tertiary/aromatic N) is 2. The summed E-state index contributed by atoms with van der Waals surface area (Å²) in [5.74, 6) is 0.819. The average molecular weight is 288 g/mol. The fraction of sp³-hybridized carbons (Fsp3) is 0.0526. The van der Waals surface area contributed by atoms with Gasteiger partial charge in [0.05, 0.1) is 11.9 Å². The quantitative estimate of drug-likeness (QED) is 0.652. The Bertz CT molecular complexity index is 740. The first-order valence-corrected chi connectivity index (χ1v) is 7.12. The molecule has 108 valence electrons. The van der Waals surface area contributed by atoms with Crippen LogP contribution in [0.1, 0.15) is 11.1 Å². The highest BCUT2D eigenvalue weighted by molar-refractivity contribution is 5.85. The highest BCUT2D eigenvalue weighted by Crippen LogP contribution is 2.19. The topological polar surface area (TPSA) is 34.5 Å². The molecule has 1 aromatic heterocycles. The van der Waals surface area contributed by atoms with Crippen molar-refractivity contribution in [3.05, 3.63) is 90.3 Å². The number of hydrogen-bond acceptors (Lipinski definition) is 3. The van der Waals surface area contributed by atoms with Gasteiger partial charge in [0.15, 0.2) is 0 Å². The zero-order valence-electron chi connectivity index (χ0n) is 12.1. The largest absolute Gasteiger partial charge is 0.488 e. The Morgan fingerprint density at radius 3 is 2.55 bits per heavy atom. The molecular formula is C19H16N2O. The molecular weight excluding hydrogens is 272 g/mol. The standard InChI is InChI=1S/C19H16N2O/c1-2-7-16(8-3-1)15-22-19-11-5-4-9-17(19)13-21-18-10-6-12-20-14-18/h1-14H,15H2. The van der Waals surface area contributed by atoms with Crippen LogP contribution in [0.25, 0.3) is 0 Å². The molecule has 0 atom stereocenters. The third kappa shape index (κ3) is 3.79. The van der Waals surface area contributed by atoms with Crippen molar-refractivity contribution in [2.45, 2.75) is 6.61 Å². The normalized spacial score (nSPS) is 10.7. The minimum absolute atomic E-state index is 0.540. The maximum atomic E-state index is 5.90. The van der Waals surface area contributed by atoms with Gasteiger partial charge in [-0.15, -0.1) is 0 Å². The molecule has 0 aliphatic rings. The van der Waals surface area contributed by atoms with Crippen molar-refractivity contribution in [3.63, 3.8) is 0 Å². The highest BCUT2D eigenvalue weighted by Gasteiger charge is 2.01. The third-order valence-corrected chi connectivity index (χ3v) is 3.15. The van der Waals surface area contributed by atoms with Gasteiger partial charge in [-0.05, 0) is 29.8 Å². The lowest BCUT2D eigenvalue weighted by molar-refractivity contribution is 0.306. The van der Waals surface area contributed by atoms with E-state index in [0.29, 0.717) is 6.61 Å². The summed E-state index contributed by atoms with van der Waals surface area (Å²) in [5, 5.41) is 0. The van der Waals surface area contributed by atoms with Crippen LogP contribution in [-0.4, -0.2) is 11.2 Å². The zero-order valence-corrected chi connectivity index (χ0v) is 12.1. The summed E-state index contributed by atoms with van der Waals surface area (Å²) in [6.45, 7) is 0.540. The Kier molecular flexibility index (Phi) is 4.57. The Labute approximate surface area is 130 Å². The molecule has 0 N–H and O–H groups in total. The van der Waals surface area contributed by atoms with Crippen LogP contribution in [0.3, 0.4) is 0 Å². The van der Waals surface area contributed by atoms with Gasteiger partial charge in [-0.1, -0.05) is 42.5 Å². The molecule has 1 heterocycles. The molecule has 0 aliphatic carbocycles. The highest BCUT2D eigenvalue weighted by atomic mass is 16.5. The van der Waals surface area contributed by atoms with Crippen molar-refractivity contribution >= 4 is 11.9 Å². The monoisotopic (exact) mass is 288 g/mol. The van der Waals surface area contributed by atoms with Crippen molar-refractivity contribution in [1.29, 1.82) is 0 Å². The number of benzene rings is 2. The van der Waals surface area contributed by atoms with Crippen LogP contribution in [0.2, 0.25) is 0 Å². The predicted octanol–water partition coefficient (Wildman–Crippen LogP) is 4.41. The number of rotatable bonds is 5. The fourth-order valence-corrected chi connectivity index (χ4v) is 2.03. The van der Waals surface area contributed by atoms with Gasteiger partial charge < -0.3 is 4.74 Å². The van der Waals surface area contributed by atoms with Crippen molar-refractivity contribution < 1.29 is 4.74 Å².